The lowest BCUT2D eigenvalue weighted by Crippen LogP contribution is -2.24. The molecule has 2 aromatic rings. The zero-order chi connectivity index (χ0) is 19.0. The van der Waals surface area contributed by atoms with E-state index in [4.69, 9.17) is 10.00 Å². The van der Waals surface area contributed by atoms with Crippen LogP contribution in [0.3, 0.4) is 0 Å². The molecule has 136 valence electrons. The topological polar surface area (TPSA) is 96.3 Å². The molecule has 1 N–H and O–H groups in total. The van der Waals surface area contributed by atoms with E-state index >= 15 is 0 Å². The summed E-state index contributed by atoms with van der Waals surface area (Å²) in [4.78, 5) is 13.2. The van der Waals surface area contributed by atoms with Crippen molar-refractivity contribution in [2.75, 3.05) is 12.8 Å². The molecule has 26 heavy (non-hydrogen) atoms. The van der Waals surface area contributed by atoms with Crippen LogP contribution in [0.15, 0.2) is 58.3 Å². The summed E-state index contributed by atoms with van der Waals surface area (Å²) >= 11 is 1.63. The van der Waals surface area contributed by atoms with Crippen molar-refractivity contribution in [1.29, 1.82) is 5.26 Å². The van der Waals surface area contributed by atoms with Crippen LogP contribution >= 0.6 is 11.8 Å². The summed E-state index contributed by atoms with van der Waals surface area (Å²) in [6.07, 6.45) is 2.07. The fraction of sp³-hybridized carbons (Fsp3) is 0.222. The van der Waals surface area contributed by atoms with Crippen molar-refractivity contribution < 1.29 is 17.9 Å². The standard InChI is InChI=1S/C18H18N2O4S2/c1-25-16-7-3-14(4-8-16)13-24-18(21)15-5-9-17(10-6-15)26(22,23)20-12-2-11-19/h3-10,20H,2,12-13H2,1H3. The first-order chi connectivity index (χ1) is 12.5. The lowest BCUT2D eigenvalue weighted by Gasteiger charge is -2.08. The van der Waals surface area contributed by atoms with Crippen LogP contribution < -0.4 is 4.72 Å². The molecular formula is C18H18N2O4S2. The first-order valence-corrected chi connectivity index (χ1v) is 10.4. The lowest BCUT2D eigenvalue weighted by atomic mass is 10.2. The van der Waals surface area contributed by atoms with Gasteiger partial charge < -0.3 is 4.74 Å². The van der Waals surface area contributed by atoms with Crippen molar-refractivity contribution in [1.82, 2.24) is 4.72 Å². The second-order valence-electron chi connectivity index (χ2n) is 5.25. The molecule has 0 heterocycles. The highest BCUT2D eigenvalue weighted by atomic mass is 32.2. The number of carbonyl (C=O) groups is 1. The number of ether oxygens (including phenoxy) is 1. The Morgan fingerprint density at radius 1 is 1.15 bits per heavy atom. The van der Waals surface area contributed by atoms with Crippen molar-refractivity contribution in [2.45, 2.75) is 22.8 Å². The Labute approximate surface area is 157 Å². The van der Waals surface area contributed by atoms with Gasteiger partial charge in [-0.25, -0.2) is 17.9 Å². The van der Waals surface area contributed by atoms with Gasteiger partial charge in [0.2, 0.25) is 10.0 Å². The smallest absolute Gasteiger partial charge is 0.338 e. The number of nitrogens with one attached hydrogen (secondary N) is 1. The molecule has 0 radical (unpaired) electrons. The molecule has 0 aliphatic carbocycles. The third-order valence-corrected chi connectivity index (χ3v) is 5.68. The fourth-order valence-corrected chi connectivity index (χ4v) is 3.49. The number of carbonyl (C=O) groups excluding carboxylic acids is 1. The summed E-state index contributed by atoms with van der Waals surface area (Å²) in [6.45, 7) is 0.182. The molecule has 8 heteroatoms. The number of nitriles is 1. The highest BCUT2D eigenvalue weighted by molar-refractivity contribution is 7.98. The van der Waals surface area contributed by atoms with Crippen molar-refractivity contribution in [3.8, 4) is 6.07 Å². The maximum atomic E-state index is 12.1. The molecule has 0 fully saturated rings. The number of thioether (sulfide) groups is 1. The Bertz CT molecular complexity index is 886. The molecule has 0 aliphatic heterocycles. The molecule has 6 nitrogen and oxygen atoms in total. The molecule has 0 saturated carbocycles. The van der Waals surface area contributed by atoms with Gasteiger partial charge in [0.1, 0.15) is 6.61 Å². The first kappa shape index (κ1) is 20.0. The Morgan fingerprint density at radius 2 is 1.81 bits per heavy atom. The van der Waals surface area contributed by atoms with E-state index in [9.17, 15) is 13.2 Å². The summed E-state index contributed by atoms with van der Waals surface area (Å²) in [5.41, 5.74) is 1.14. The molecule has 0 amide bonds. The molecule has 0 spiro atoms. The fourth-order valence-electron chi connectivity index (χ4n) is 2.05. The van der Waals surface area contributed by atoms with Gasteiger partial charge in [-0.2, -0.15) is 5.26 Å². The molecule has 0 aromatic heterocycles. The maximum Gasteiger partial charge on any atom is 0.338 e. The van der Waals surface area contributed by atoms with E-state index in [2.05, 4.69) is 4.72 Å². The van der Waals surface area contributed by atoms with Crippen LogP contribution in [0.4, 0.5) is 0 Å². The molecule has 0 unspecified atom stereocenters. The predicted molar refractivity (Wildman–Crippen MR) is 99.2 cm³/mol. The molecule has 2 rings (SSSR count). The van der Waals surface area contributed by atoms with Crippen molar-refractivity contribution in [2.24, 2.45) is 0 Å². The van der Waals surface area contributed by atoms with Gasteiger partial charge in [0.15, 0.2) is 0 Å². The SMILES string of the molecule is CSc1ccc(COC(=O)c2ccc(S(=O)(=O)NCCC#N)cc2)cc1. The largest absolute Gasteiger partial charge is 0.457 e. The zero-order valence-electron chi connectivity index (χ0n) is 14.1. The van der Waals surface area contributed by atoms with E-state index in [1.54, 1.807) is 11.8 Å². The Balaban J connectivity index is 1.96. The van der Waals surface area contributed by atoms with Gasteiger partial charge in [-0.3, -0.25) is 0 Å². The number of rotatable bonds is 8. The summed E-state index contributed by atoms with van der Waals surface area (Å²) < 4.78 is 31.6. The Kier molecular flexibility index (Phi) is 7.21. The summed E-state index contributed by atoms with van der Waals surface area (Å²) in [5.74, 6) is -0.527. The number of benzene rings is 2. The predicted octanol–water partition coefficient (Wildman–Crippen LogP) is 2.96. The average Bonchev–Trinajstić information content (AvgIpc) is 2.66. The average molecular weight is 390 g/mol. The number of hydrogen-bond donors (Lipinski definition) is 1. The van der Waals surface area contributed by atoms with Crippen molar-refractivity contribution in [3.05, 3.63) is 59.7 Å². The number of esters is 1. The minimum Gasteiger partial charge on any atom is -0.457 e. The van der Waals surface area contributed by atoms with Gasteiger partial charge in [-0.05, 0) is 48.2 Å². The summed E-state index contributed by atoms with van der Waals surface area (Å²) in [7, 11) is -3.69. The third-order valence-electron chi connectivity index (χ3n) is 3.46. The molecule has 0 bridgehead atoms. The minimum absolute atomic E-state index is 0.0274. The molecular weight excluding hydrogens is 372 g/mol. The summed E-state index contributed by atoms with van der Waals surface area (Å²) in [6, 6.07) is 15.0. The van der Waals surface area contributed by atoms with Gasteiger partial charge in [0.25, 0.3) is 0 Å². The highest BCUT2D eigenvalue weighted by Crippen LogP contribution is 2.16. The second-order valence-corrected chi connectivity index (χ2v) is 7.90. The van der Waals surface area contributed by atoms with Crippen LogP contribution in [-0.4, -0.2) is 27.2 Å². The minimum atomic E-state index is -3.69. The van der Waals surface area contributed by atoms with Crippen LogP contribution in [-0.2, 0) is 21.4 Å². The van der Waals surface area contributed by atoms with Gasteiger partial charge in [0.05, 0.1) is 16.5 Å². The Hall–Kier alpha value is -2.34. The number of sulfonamides is 1. The van der Waals surface area contributed by atoms with E-state index < -0.39 is 16.0 Å². The third kappa shape index (κ3) is 5.59. The Morgan fingerprint density at radius 3 is 2.38 bits per heavy atom. The van der Waals surface area contributed by atoms with Crippen LogP contribution in [0.25, 0.3) is 0 Å². The zero-order valence-corrected chi connectivity index (χ0v) is 15.8. The summed E-state index contributed by atoms with van der Waals surface area (Å²) in [5, 5.41) is 8.45. The van der Waals surface area contributed by atoms with Crippen molar-refractivity contribution in [3.63, 3.8) is 0 Å². The van der Waals surface area contributed by atoms with Crippen LogP contribution in [0.1, 0.15) is 22.3 Å². The van der Waals surface area contributed by atoms with Gasteiger partial charge in [0, 0.05) is 17.9 Å². The van der Waals surface area contributed by atoms with Crippen LogP contribution in [0, 0.1) is 11.3 Å². The normalized spacial score (nSPS) is 10.9. The van der Waals surface area contributed by atoms with Crippen molar-refractivity contribution >= 4 is 27.8 Å². The van der Waals surface area contributed by atoms with Gasteiger partial charge >= 0.3 is 5.97 Å². The molecule has 0 saturated heterocycles. The molecule has 0 atom stereocenters. The number of nitrogens with zero attached hydrogens (tertiary/aromatic N) is 1. The molecule has 0 aliphatic rings. The highest BCUT2D eigenvalue weighted by Gasteiger charge is 2.15. The molecule has 2 aromatic carbocycles. The van der Waals surface area contributed by atoms with Crippen LogP contribution in [0.2, 0.25) is 0 Å². The van der Waals surface area contributed by atoms with Crippen LogP contribution in [0.5, 0.6) is 0 Å². The monoisotopic (exact) mass is 390 g/mol. The first-order valence-electron chi connectivity index (χ1n) is 7.73. The second kappa shape index (κ2) is 9.38. The van der Waals surface area contributed by atoms with E-state index in [1.165, 1.54) is 24.3 Å². The quantitative estimate of drug-likeness (QED) is 0.423. The van der Waals surface area contributed by atoms with E-state index in [0.29, 0.717) is 0 Å². The lowest BCUT2D eigenvalue weighted by molar-refractivity contribution is 0.0472. The van der Waals surface area contributed by atoms with Gasteiger partial charge in [-0.1, -0.05) is 12.1 Å². The number of hydrogen-bond acceptors (Lipinski definition) is 6. The van der Waals surface area contributed by atoms with E-state index in [-0.39, 0.29) is 30.0 Å². The van der Waals surface area contributed by atoms with E-state index in [1.807, 2.05) is 36.6 Å². The van der Waals surface area contributed by atoms with E-state index in [0.717, 1.165) is 10.5 Å². The maximum absolute atomic E-state index is 12.1. The van der Waals surface area contributed by atoms with Gasteiger partial charge in [-0.15, -0.1) is 11.8 Å².